The topological polar surface area (TPSA) is 155 Å². The van der Waals surface area contributed by atoms with Crippen LogP contribution in [0.3, 0.4) is 0 Å². The Kier molecular flexibility index (Phi) is 7.55. The molecule has 3 rings (SSSR count). The monoisotopic (exact) mass is 466 g/mol. The molecule has 0 fully saturated rings. The third kappa shape index (κ3) is 5.01. The molecule has 0 spiro atoms. The largest absolute Gasteiger partial charge is 0.465 e. The Morgan fingerprint density at radius 2 is 2.00 bits per heavy atom. The van der Waals surface area contributed by atoms with E-state index >= 15 is 0 Å². The number of amides is 2. The van der Waals surface area contributed by atoms with Crippen LogP contribution in [-0.4, -0.2) is 44.9 Å². The van der Waals surface area contributed by atoms with E-state index in [1.54, 1.807) is 6.92 Å². The van der Waals surface area contributed by atoms with Crippen LogP contribution in [0.4, 0.5) is 10.9 Å². The van der Waals surface area contributed by atoms with Gasteiger partial charge in [-0.1, -0.05) is 18.7 Å². The van der Waals surface area contributed by atoms with Gasteiger partial charge in [-0.3, -0.25) is 19.0 Å². The van der Waals surface area contributed by atoms with Crippen molar-refractivity contribution in [3.8, 4) is 0 Å². The van der Waals surface area contributed by atoms with E-state index in [0.29, 0.717) is 22.1 Å². The summed E-state index contributed by atoms with van der Waals surface area (Å²) in [4.78, 5) is 38.1. The molecular weight excluding hydrogens is 440 g/mol. The van der Waals surface area contributed by atoms with Gasteiger partial charge in [0.25, 0.3) is 5.91 Å². The van der Waals surface area contributed by atoms with Crippen molar-refractivity contribution in [1.82, 2.24) is 14.8 Å². The number of nitrogen functional groups attached to an aromatic ring is 1. The Balaban J connectivity index is 1.84. The minimum Gasteiger partial charge on any atom is -0.465 e. The molecule has 31 heavy (non-hydrogen) atoms. The maximum atomic E-state index is 13.2. The number of carbonyl (C=O) groups excluding carboxylic acids is 3. The predicted molar refractivity (Wildman–Crippen MR) is 119 cm³/mol. The minimum absolute atomic E-state index is 0.0213. The van der Waals surface area contributed by atoms with E-state index < -0.39 is 17.9 Å². The molecule has 0 aliphatic heterocycles. The van der Waals surface area contributed by atoms with E-state index in [2.05, 4.69) is 15.5 Å². The van der Waals surface area contributed by atoms with Crippen molar-refractivity contribution in [3.63, 3.8) is 0 Å². The summed E-state index contributed by atoms with van der Waals surface area (Å²) >= 11 is 2.50. The molecule has 168 valence electrons. The predicted octanol–water partition coefficient (Wildman–Crippen LogP) is 2.14. The third-order valence-electron chi connectivity index (χ3n) is 4.97. The molecule has 0 aromatic carbocycles. The summed E-state index contributed by atoms with van der Waals surface area (Å²) in [5.74, 6) is -1.21. The number of nitrogens with two attached hydrogens (primary N) is 2. The molecule has 5 N–H and O–H groups in total. The van der Waals surface area contributed by atoms with E-state index in [0.717, 1.165) is 47.9 Å². The second-order valence-electron chi connectivity index (χ2n) is 7.00. The molecule has 1 atom stereocenters. The minimum atomic E-state index is -0.723. The van der Waals surface area contributed by atoms with Crippen molar-refractivity contribution in [2.45, 2.75) is 57.1 Å². The fourth-order valence-electron chi connectivity index (χ4n) is 3.60. The average molecular weight is 467 g/mol. The second-order valence-corrected chi connectivity index (χ2v) is 9.04. The van der Waals surface area contributed by atoms with Crippen LogP contribution < -0.4 is 16.8 Å². The highest BCUT2D eigenvalue weighted by Crippen LogP contribution is 2.38. The van der Waals surface area contributed by atoms with Gasteiger partial charge in [0.15, 0.2) is 5.16 Å². The Labute approximate surface area is 188 Å². The Morgan fingerprint density at radius 1 is 1.26 bits per heavy atom. The first kappa shape index (κ1) is 23.1. The lowest BCUT2D eigenvalue weighted by molar-refractivity contribution is -0.139. The van der Waals surface area contributed by atoms with Crippen molar-refractivity contribution >= 4 is 51.8 Å². The van der Waals surface area contributed by atoms with E-state index in [4.69, 9.17) is 16.2 Å². The number of rotatable bonds is 9. The number of aromatic nitrogens is 3. The number of nitrogens with one attached hydrogen (secondary N) is 1. The molecule has 2 aromatic rings. The fourth-order valence-corrected chi connectivity index (χ4v) is 5.69. The number of carbonyl (C=O) groups is 3. The van der Waals surface area contributed by atoms with Crippen LogP contribution in [0.1, 0.15) is 60.0 Å². The van der Waals surface area contributed by atoms with Crippen LogP contribution in [0, 0.1) is 0 Å². The number of hydrogen-bond acceptors (Lipinski definition) is 9. The Morgan fingerprint density at radius 3 is 2.68 bits per heavy atom. The van der Waals surface area contributed by atoms with Crippen molar-refractivity contribution in [2.24, 2.45) is 5.73 Å². The number of hydrogen-bond donors (Lipinski definition) is 3. The molecule has 0 radical (unpaired) electrons. The van der Waals surface area contributed by atoms with Crippen LogP contribution in [0.25, 0.3) is 0 Å². The molecule has 1 aliphatic rings. The van der Waals surface area contributed by atoms with Crippen molar-refractivity contribution < 1.29 is 19.1 Å². The number of esters is 1. The van der Waals surface area contributed by atoms with Gasteiger partial charge < -0.3 is 21.5 Å². The Bertz CT molecular complexity index is 986. The Hall–Kier alpha value is -2.60. The lowest BCUT2D eigenvalue weighted by Gasteiger charge is -2.19. The smallest absolute Gasteiger partial charge is 0.316 e. The maximum Gasteiger partial charge on any atom is 0.316 e. The SMILES string of the molecule is CCOC(=O)CSc1nnc(N)n1C(CC)C(=O)Nc1sc2c(c1C(N)=O)CCCC2. The number of fused-ring (bicyclic) bond motifs is 1. The summed E-state index contributed by atoms with van der Waals surface area (Å²) in [7, 11) is 0. The standard InChI is InChI=1S/C19H26N6O4S2/c1-3-11(25-18(21)23-24-19(25)30-9-13(26)29-4-2)16(28)22-17-14(15(20)27)10-7-5-6-8-12(10)31-17/h11H,3-9H2,1-2H3,(H2,20,27)(H2,21,23)(H,22,28). The molecule has 12 heteroatoms. The van der Waals surface area contributed by atoms with E-state index in [1.807, 2.05) is 6.92 Å². The quantitative estimate of drug-likeness (QED) is 0.375. The van der Waals surface area contributed by atoms with Gasteiger partial charge in [0.05, 0.1) is 17.9 Å². The van der Waals surface area contributed by atoms with Crippen molar-refractivity contribution in [1.29, 1.82) is 0 Å². The molecular formula is C19H26N6O4S2. The molecule has 1 unspecified atom stereocenters. The number of ether oxygens (including phenoxy) is 1. The molecule has 0 saturated carbocycles. The molecule has 2 amide bonds. The van der Waals surface area contributed by atoms with Crippen LogP contribution in [0.15, 0.2) is 5.16 Å². The van der Waals surface area contributed by atoms with Gasteiger partial charge in [0.1, 0.15) is 11.0 Å². The zero-order valence-corrected chi connectivity index (χ0v) is 19.1. The normalized spacial score (nSPS) is 14.0. The highest BCUT2D eigenvalue weighted by molar-refractivity contribution is 7.99. The highest BCUT2D eigenvalue weighted by Gasteiger charge is 2.29. The maximum absolute atomic E-state index is 13.2. The third-order valence-corrected chi connectivity index (χ3v) is 7.09. The van der Waals surface area contributed by atoms with Gasteiger partial charge >= 0.3 is 5.97 Å². The van der Waals surface area contributed by atoms with Crippen LogP contribution >= 0.6 is 23.1 Å². The summed E-state index contributed by atoms with van der Waals surface area (Å²) in [6, 6.07) is -0.723. The van der Waals surface area contributed by atoms with Crippen molar-refractivity contribution in [3.05, 3.63) is 16.0 Å². The summed E-state index contributed by atoms with van der Waals surface area (Å²) in [6.07, 6.45) is 4.10. The number of thioether (sulfide) groups is 1. The summed E-state index contributed by atoms with van der Waals surface area (Å²) in [5.41, 5.74) is 13.0. The van der Waals surface area contributed by atoms with Gasteiger partial charge in [-0.2, -0.15) is 0 Å². The molecule has 10 nitrogen and oxygen atoms in total. The first-order valence-corrected chi connectivity index (χ1v) is 11.9. The van der Waals surface area contributed by atoms with Gasteiger partial charge in [-0.25, -0.2) is 0 Å². The van der Waals surface area contributed by atoms with Crippen LogP contribution in [-0.2, 0) is 27.2 Å². The molecule has 1 aliphatic carbocycles. The number of nitrogens with zero attached hydrogens (tertiary/aromatic N) is 3. The lowest BCUT2D eigenvalue weighted by Crippen LogP contribution is -2.28. The molecule has 2 aromatic heterocycles. The zero-order chi connectivity index (χ0) is 22.5. The van der Waals surface area contributed by atoms with Gasteiger partial charge in [-0.05, 0) is 44.6 Å². The zero-order valence-electron chi connectivity index (χ0n) is 17.5. The number of aryl methyl sites for hydroxylation is 1. The van der Waals surface area contributed by atoms with E-state index in [-0.39, 0.29) is 24.2 Å². The lowest BCUT2D eigenvalue weighted by atomic mass is 9.95. The van der Waals surface area contributed by atoms with E-state index in [9.17, 15) is 14.4 Å². The average Bonchev–Trinajstić information content (AvgIpc) is 3.27. The van der Waals surface area contributed by atoms with Crippen LogP contribution in [0.2, 0.25) is 0 Å². The number of thiophene rings is 1. The van der Waals surface area contributed by atoms with Crippen LogP contribution in [0.5, 0.6) is 0 Å². The fraction of sp³-hybridized carbons (Fsp3) is 0.526. The highest BCUT2D eigenvalue weighted by atomic mass is 32.2. The van der Waals surface area contributed by atoms with Crippen molar-refractivity contribution in [2.75, 3.05) is 23.4 Å². The van der Waals surface area contributed by atoms with Gasteiger partial charge in [0, 0.05) is 4.88 Å². The second kappa shape index (κ2) is 10.1. The summed E-state index contributed by atoms with van der Waals surface area (Å²) in [5, 5.41) is 11.5. The summed E-state index contributed by atoms with van der Waals surface area (Å²) < 4.78 is 6.43. The number of primary amides is 1. The van der Waals surface area contributed by atoms with Gasteiger partial charge in [-0.15, -0.1) is 21.5 Å². The first-order valence-electron chi connectivity index (χ1n) is 10.1. The van der Waals surface area contributed by atoms with Gasteiger partial charge in [0.2, 0.25) is 11.9 Å². The summed E-state index contributed by atoms with van der Waals surface area (Å²) in [6.45, 7) is 3.84. The molecule has 0 saturated heterocycles. The number of anilines is 2. The molecule has 2 heterocycles. The molecule has 0 bridgehead atoms. The first-order chi connectivity index (χ1) is 14.9. The van der Waals surface area contributed by atoms with E-state index in [1.165, 1.54) is 15.9 Å².